The molecule has 1 aromatic heterocycles. The Labute approximate surface area is 201 Å². The van der Waals surface area contributed by atoms with Gasteiger partial charge in [0.15, 0.2) is 0 Å². The van der Waals surface area contributed by atoms with E-state index in [-0.39, 0.29) is 18.0 Å². The second-order valence-corrected chi connectivity index (χ2v) is 10.7. The van der Waals surface area contributed by atoms with Gasteiger partial charge >= 0.3 is 0 Å². The molecule has 0 N–H and O–H groups in total. The minimum absolute atomic E-state index is 0.0178. The second-order valence-electron chi connectivity index (χ2n) is 10.7. The summed E-state index contributed by atoms with van der Waals surface area (Å²) in [4.78, 5) is 17.3. The molecule has 2 aromatic rings. The van der Waals surface area contributed by atoms with E-state index in [9.17, 15) is 4.79 Å². The fourth-order valence-electron chi connectivity index (χ4n) is 6.56. The Kier molecular flexibility index (Phi) is 6.06. The number of rotatable bonds is 4. The average Bonchev–Trinajstić information content (AvgIpc) is 3.61. The topological polar surface area (TPSA) is 50.6 Å². The van der Waals surface area contributed by atoms with Gasteiger partial charge in [-0.05, 0) is 74.5 Å². The molecule has 34 heavy (non-hydrogen) atoms. The van der Waals surface area contributed by atoms with Crippen LogP contribution in [0, 0.1) is 23.6 Å². The molecule has 182 valence electrons. The molecule has 6 rings (SSSR count). The van der Waals surface area contributed by atoms with Crippen molar-refractivity contribution in [2.45, 2.75) is 57.6 Å². The highest BCUT2D eigenvalue weighted by Crippen LogP contribution is 2.39. The van der Waals surface area contributed by atoms with Gasteiger partial charge < -0.3 is 14.5 Å². The zero-order valence-electron chi connectivity index (χ0n) is 19.9. The monoisotopic (exact) mass is 466 g/mol. The maximum Gasteiger partial charge on any atom is 0.225 e. The van der Waals surface area contributed by atoms with Crippen LogP contribution in [0.5, 0.6) is 0 Å². The lowest BCUT2D eigenvalue weighted by molar-refractivity contribution is -0.135. The smallest absolute Gasteiger partial charge is 0.225 e. The highest BCUT2D eigenvalue weighted by Gasteiger charge is 2.40. The predicted octanol–water partition coefficient (Wildman–Crippen LogP) is 4.86. The fourth-order valence-corrected chi connectivity index (χ4v) is 6.56. The number of carbonyl (C=O) groups is 1. The Morgan fingerprint density at radius 1 is 0.971 bits per heavy atom. The van der Waals surface area contributed by atoms with Crippen molar-refractivity contribution in [1.82, 2.24) is 14.7 Å². The van der Waals surface area contributed by atoms with E-state index in [1.165, 1.54) is 19.3 Å². The van der Waals surface area contributed by atoms with Crippen molar-refractivity contribution in [2.24, 2.45) is 17.8 Å². The molecule has 4 fully saturated rings. The summed E-state index contributed by atoms with van der Waals surface area (Å²) in [5, 5.41) is 4.46. The third-order valence-electron chi connectivity index (χ3n) is 8.56. The number of hydrogen-bond donors (Lipinski definition) is 0. The molecule has 0 radical (unpaired) electrons. The standard InChI is InChI=1S/C27H35FN4O2/c28-24-14-20(23-15-29-32(18-23)26-6-1-2-13-34-26)7-8-25(24)30-11-9-19(10-12-30)27(33)31-16-21-4-3-5-22(21)17-31/h7-8,14-15,18-19,21-22,26H,1-6,9-13,16-17H2. The lowest BCUT2D eigenvalue weighted by Crippen LogP contribution is -2.42. The first-order valence-electron chi connectivity index (χ1n) is 13.1. The molecule has 1 saturated carbocycles. The van der Waals surface area contributed by atoms with E-state index in [0.717, 1.165) is 87.9 Å². The van der Waals surface area contributed by atoms with E-state index in [2.05, 4.69) is 14.9 Å². The number of piperidine rings is 1. The molecule has 1 amide bonds. The van der Waals surface area contributed by atoms with Gasteiger partial charge in [0.25, 0.3) is 0 Å². The van der Waals surface area contributed by atoms with Crippen LogP contribution in [0.2, 0.25) is 0 Å². The first kappa shape index (κ1) is 22.1. The molecular weight excluding hydrogens is 431 g/mol. The van der Waals surface area contributed by atoms with Gasteiger partial charge in [-0.3, -0.25) is 4.79 Å². The minimum Gasteiger partial charge on any atom is -0.369 e. The van der Waals surface area contributed by atoms with Crippen molar-refractivity contribution in [3.05, 3.63) is 36.4 Å². The van der Waals surface area contributed by atoms with Crippen molar-refractivity contribution in [1.29, 1.82) is 0 Å². The number of carbonyl (C=O) groups excluding carboxylic acids is 1. The summed E-state index contributed by atoms with van der Waals surface area (Å²) in [5.74, 6) is 1.68. The van der Waals surface area contributed by atoms with E-state index < -0.39 is 0 Å². The SMILES string of the molecule is O=C(C1CCN(c2ccc(-c3cnn(C4CCCCO4)c3)cc2F)CC1)N1CC2CCCC2C1. The Morgan fingerprint density at radius 3 is 2.47 bits per heavy atom. The number of nitrogens with zero attached hydrogens (tertiary/aromatic N) is 4. The van der Waals surface area contributed by atoms with Gasteiger partial charge in [-0.25, -0.2) is 9.07 Å². The Morgan fingerprint density at radius 2 is 1.76 bits per heavy atom. The van der Waals surface area contributed by atoms with Crippen molar-refractivity contribution < 1.29 is 13.9 Å². The van der Waals surface area contributed by atoms with Crippen molar-refractivity contribution in [2.75, 3.05) is 37.7 Å². The molecule has 3 aliphatic heterocycles. The number of halogens is 1. The molecule has 0 bridgehead atoms. The molecule has 3 atom stereocenters. The van der Waals surface area contributed by atoms with E-state index in [1.54, 1.807) is 12.3 Å². The van der Waals surface area contributed by atoms with Gasteiger partial charge in [0.2, 0.25) is 5.91 Å². The van der Waals surface area contributed by atoms with Gasteiger partial charge in [0.05, 0.1) is 11.9 Å². The summed E-state index contributed by atoms with van der Waals surface area (Å²) in [7, 11) is 0. The molecule has 3 saturated heterocycles. The second kappa shape index (κ2) is 9.33. The van der Waals surface area contributed by atoms with E-state index in [1.807, 2.05) is 23.0 Å². The van der Waals surface area contributed by atoms with Crippen LogP contribution < -0.4 is 4.90 Å². The van der Waals surface area contributed by atoms with Gasteiger partial charge in [-0.2, -0.15) is 5.10 Å². The average molecular weight is 467 g/mol. The lowest BCUT2D eigenvalue weighted by Gasteiger charge is -2.35. The zero-order chi connectivity index (χ0) is 23.1. The van der Waals surface area contributed by atoms with Crippen LogP contribution in [-0.2, 0) is 9.53 Å². The number of ether oxygens (including phenoxy) is 1. The largest absolute Gasteiger partial charge is 0.369 e. The molecule has 6 nitrogen and oxygen atoms in total. The van der Waals surface area contributed by atoms with Crippen LogP contribution in [-0.4, -0.2) is 53.4 Å². The van der Waals surface area contributed by atoms with Gasteiger partial charge in [-0.15, -0.1) is 0 Å². The number of amides is 1. The van der Waals surface area contributed by atoms with Crippen LogP contribution in [0.4, 0.5) is 10.1 Å². The van der Waals surface area contributed by atoms with Gasteiger partial charge in [0, 0.05) is 50.5 Å². The third-order valence-corrected chi connectivity index (χ3v) is 8.56. The van der Waals surface area contributed by atoms with Crippen LogP contribution >= 0.6 is 0 Å². The van der Waals surface area contributed by atoms with Gasteiger partial charge in [0.1, 0.15) is 12.0 Å². The number of likely N-dealkylation sites (tertiary alicyclic amines) is 1. The third kappa shape index (κ3) is 4.23. The summed E-state index contributed by atoms with van der Waals surface area (Å²) < 4.78 is 22.8. The Bertz CT molecular complexity index is 1010. The molecule has 4 aliphatic rings. The van der Waals surface area contributed by atoms with Crippen LogP contribution in [0.15, 0.2) is 30.6 Å². The molecule has 7 heteroatoms. The summed E-state index contributed by atoms with van der Waals surface area (Å²) in [6, 6.07) is 5.46. The fraction of sp³-hybridized carbons (Fsp3) is 0.630. The quantitative estimate of drug-likeness (QED) is 0.646. The number of fused-ring (bicyclic) bond motifs is 1. The molecule has 0 spiro atoms. The molecule has 4 heterocycles. The summed E-state index contributed by atoms with van der Waals surface area (Å²) >= 11 is 0. The normalized spacial score (nSPS) is 27.9. The van der Waals surface area contributed by atoms with E-state index in [4.69, 9.17) is 4.74 Å². The van der Waals surface area contributed by atoms with Gasteiger partial charge in [-0.1, -0.05) is 12.5 Å². The van der Waals surface area contributed by atoms with Crippen LogP contribution in [0.25, 0.3) is 11.1 Å². The maximum absolute atomic E-state index is 15.1. The summed E-state index contributed by atoms with van der Waals surface area (Å²) in [6.45, 7) is 4.14. The molecule has 1 aliphatic carbocycles. The predicted molar refractivity (Wildman–Crippen MR) is 129 cm³/mol. The molecule has 1 aromatic carbocycles. The Balaban J connectivity index is 1.07. The summed E-state index contributed by atoms with van der Waals surface area (Å²) in [6.07, 6.45) is 12.4. The maximum atomic E-state index is 15.1. The lowest BCUT2D eigenvalue weighted by atomic mass is 9.94. The number of hydrogen-bond acceptors (Lipinski definition) is 4. The van der Waals surface area contributed by atoms with E-state index >= 15 is 4.39 Å². The Hall–Kier alpha value is -2.41. The first-order valence-corrected chi connectivity index (χ1v) is 13.1. The molecule has 3 unspecified atom stereocenters. The van der Waals surface area contributed by atoms with Crippen LogP contribution in [0.3, 0.4) is 0 Å². The number of anilines is 1. The summed E-state index contributed by atoms with van der Waals surface area (Å²) in [5.41, 5.74) is 2.36. The molecular formula is C27H35FN4O2. The zero-order valence-corrected chi connectivity index (χ0v) is 19.9. The van der Waals surface area contributed by atoms with E-state index in [0.29, 0.717) is 11.6 Å². The van der Waals surface area contributed by atoms with Crippen molar-refractivity contribution in [3.63, 3.8) is 0 Å². The van der Waals surface area contributed by atoms with Crippen molar-refractivity contribution >= 4 is 11.6 Å². The van der Waals surface area contributed by atoms with Crippen molar-refractivity contribution in [3.8, 4) is 11.1 Å². The number of aromatic nitrogens is 2. The highest BCUT2D eigenvalue weighted by atomic mass is 19.1. The highest BCUT2D eigenvalue weighted by molar-refractivity contribution is 5.79. The first-order chi connectivity index (χ1) is 16.7. The minimum atomic E-state index is -0.212. The number of benzene rings is 1. The van der Waals surface area contributed by atoms with Crippen LogP contribution in [0.1, 0.15) is 57.6 Å².